The van der Waals surface area contributed by atoms with Crippen LogP contribution < -0.4 is 11.1 Å². The monoisotopic (exact) mass is 286 g/mol. The van der Waals surface area contributed by atoms with Crippen LogP contribution in [-0.2, 0) is 17.5 Å². The first-order chi connectivity index (χ1) is 9.36. The van der Waals surface area contributed by atoms with Crippen LogP contribution >= 0.6 is 0 Å². The minimum atomic E-state index is -4.36. The summed E-state index contributed by atoms with van der Waals surface area (Å²) >= 11 is 0. The van der Waals surface area contributed by atoms with Crippen LogP contribution in [0.5, 0.6) is 0 Å². The topological polar surface area (TPSA) is 55.1 Å². The van der Waals surface area contributed by atoms with Crippen molar-refractivity contribution >= 4 is 5.91 Å². The van der Waals surface area contributed by atoms with E-state index in [0.29, 0.717) is 12.0 Å². The smallest absolute Gasteiger partial charge is 0.352 e. The van der Waals surface area contributed by atoms with Gasteiger partial charge in [-0.15, -0.1) is 0 Å². The van der Waals surface area contributed by atoms with Crippen LogP contribution in [0.3, 0.4) is 0 Å². The number of carbonyl (C=O) groups is 1. The molecule has 1 fully saturated rings. The minimum Gasteiger partial charge on any atom is -0.352 e. The molecule has 0 aliphatic heterocycles. The van der Waals surface area contributed by atoms with E-state index in [1.807, 2.05) is 0 Å². The van der Waals surface area contributed by atoms with Gasteiger partial charge in [-0.05, 0) is 37.0 Å². The van der Waals surface area contributed by atoms with Crippen molar-refractivity contribution in [3.05, 3.63) is 35.4 Å². The van der Waals surface area contributed by atoms with Gasteiger partial charge in [-0.1, -0.05) is 12.1 Å². The lowest BCUT2D eigenvalue weighted by atomic mass is 10.1. The molecule has 1 aromatic rings. The molecule has 1 aliphatic rings. The molecular weight excluding hydrogens is 269 g/mol. The Morgan fingerprint density at radius 1 is 1.35 bits per heavy atom. The van der Waals surface area contributed by atoms with Crippen LogP contribution in [0.1, 0.15) is 30.4 Å². The molecule has 2 rings (SSSR count). The number of nitrogens with two attached hydrogens (primary N) is 1. The number of alkyl halides is 3. The van der Waals surface area contributed by atoms with Crippen LogP contribution in [0.4, 0.5) is 13.2 Å². The summed E-state index contributed by atoms with van der Waals surface area (Å²) in [4.78, 5) is 11.9. The Kier molecular flexibility index (Phi) is 4.32. The zero-order valence-electron chi connectivity index (χ0n) is 10.9. The molecule has 2 unspecified atom stereocenters. The molecule has 1 saturated carbocycles. The lowest BCUT2D eigenvalue weighted by Gasteiger charge is -2.12. The van der Waals surface area contributed by atoms with Crippen LogP contribution in [-0.4, -0.2) is 11.9 Å². The lowest BCUT2D eigenvalue weighted by molar-refractivity contribution is -0.137. The Morgan fingerprint density at radius 3 is 2.70 bits per heavy atom. The summed E-state index contributed by atoms with van der Waals surface area (Å²) in [6, 6.07) is 5.03. The van der Waals surface area contributed by atoms with Crippen LogP contribution in [0.2, 0.25) is 0 Å². The molecule has 0 bridgehead atoms. The highest BCUT2D eigenvalue weighted by Gasteiger charge is 2.30. The molecule has 0 spiro atoms. The first kappa shape index (κ1) is 14.8. The molecule has 110 valence electrons. The van der Waals surface area contributed by atoms with Gasteiger partial charge in [0.15, 0.2) is 0 Å². The summed E-state index contributed by atoms with van der Waals surface area (Å²) in [5.74, 6) is -0.244. The highest BCUT2D eigenvalue weighted by Crippen LogP contribution is 2.29. The Hall–Kier alpha value is -1.56. The second-order valence-electron chi connectivity index (χ2n) is 5.19. The quantitative estimate of drug-likeness (QED) is 0.896. The molecule has 20 heavy (non-hydrogen) atoms. The third-order valence-corrected chi connectivity index (χ3v) is 3.57. The van der Waals surface area contributed by atoms with Gasteiger partial charge in [0.1, 0.15) is 0 Å². The maximum Gasteiger partial charge on any atom is 0.416 e. The predicted octanol–water partition coefficient (Wildman–Crippen LogP) is 2.45. The SMILES string of the molecule is NC1CCC(C(=O)NCc2cccc(C(F)(F)F)c2)C1. The van der Waals surface area contributed by atoms with Crippen LogP contribution in [0.25, 0.3) is 0 Å². The number of amides is 1. The van der Waals surface area contributed by atoms with Gasteiger partial charge in [-0.2, -0.15) is 13.2 Å². The van der Waals surface area contributed by atoms with Crippen molar-refractivity contribution in [2.24, 2.45) is 11.7 Å². The summed E-state index contributed by atoms with van der Waals surface area (Å²) in [5.41, 5.74) is 5.47. The highest BCUT2D eigenvalue weighted by atomic mass is 19.4. The van der Waals surface area contributed by atoms with Gasteiger partial charge < -0.3 is 11.1 Å². The first-order valence-corrected chi connectivity index (χ1v) is 6.55. The number of halogens is 3. The maximum atomic E-state index is 12.6. The average molecular weight is 286 g/mol. The average Bonchev–Trinajstić information content (AvgIpc) is 2.82. The molecule has 0 saturated heterocycles. The Bertz CT molecular complexity index is 488. The van der Waals surface area contributed by atoms with Crippen molar-refractivity contribution in [1.82, 2.24) is 5.32 Å². The van der Waals surface area contributed by atoms with Gasteiger partial charge >= 0.3 is 6.18 Å². The number of hydrogen-bond acceptors (Lipinski definition) is 2. The van der Waals surface area contributed by atoms with Crippen LogP contribution in [0, 0.1) is 5.92 Å². The van der Waals surface area contributed by atoms with E-state index in [9.17, 15) is 18.0 Å². The van der Waals surface area contributed by atoms with Crippen molar-refractivity contribution in [2.45, 2.75) is 38.0 Å². The van der Waals surface area contributed by atoms with E-state index in [4.69, 9.17) is 5.73 Å². The summed E-state index contributed by atoms with van der Waals surface area (Å²) in [7, 11) is 0. The van der Waals surface area contributed by atoms with E-state index in [-0.39, 0.29) is 24.4 Å². The second kappa shape index (κ2) is 5.83. The lowest BCUT2D eigenvalue weighted by Crippen LogP contribution is -2.30. The Balaban J connectivity index is 1.92. The molecule has 0 radical (unpaired) electrons. The van der Waals surface area contributed by atoms with Gasteiger partial charge in [-0.25, -0.2) is 0 Å². The van der Waals surface area contributed by atoms with E-state index < -0.39 is 11.7 Å². The Labute approximate surface area is 115 Å². The maximum absolute atomic E-state index is 12.6. The molecule has 1 amide bonds. The molecule has 0 aromatic heterocycles. The van der Waals surface area contributed by atoms with E-state index >= 15 is 0 Å². The number of benzene rings is 1. The van der Waals surface area contributed by atoms with Gasteiger partial charge in [0, 0.05) is 18.5 Å². The zero-order valence-corrected chi connectivity index (χ0v) is 10.9. The largest absolute Gasteiger partial charge is 0.416 e. The number of nitrogens with one attached hydrogen (secondary N) is 1. The van der Waals surface area contributed by atoms with Crippen molar-refractivity contribution in [3.8, 4) is 0 Å². The van der Waals surface area contributed by atoms with Gasteiger partial charge in [-0.3, -0.25) is 4.79 Å². The molecule has 1 aliphatic carbocycles. The summed E-state index contributed by atoms with van der Waals surface area (Å²) < 4.78 is 37.7. The van der Waals surface area contributed by atoms with Crippen molar-refractivity contribution in [3.63, 3.8) is 0 Å². The molecule has 2 atom stereocenters. The number of rotatable bonds is 3. The molecule has 3 nitrogen and oxygen atoms in total. The fourth-order valence-corrected chi connectivity index (χ4v) is 2.45. The summed E-state index contributed by atoms with van der Waals surface area (Å²) in [6.45, 7) is 0.106. The van der Waals surface area contributed by atoms with Gasteiger partial charge in [0.25, 0.3) is 0 Å². The van der Waals surface area contributed by atoms with E-state index in [2.05, 4.69) is 5.32 Å². The molecule has 1 aromatic carbocycles. The summed E-state index contributed by atoms with van der Waals surface area (Å²) in [5, 5.41) is 2.68. The third kappa shape index (κ3) is 3.72. The highest BCUT2D eigenvalue weighted by molar-refractivity contribution is 5.79. The van der Waals surface area contributed by atoms with E-state index in [1.54, 1.807) is 6.07 Å². The predicted molar refractivity (Wildman–Crippen MR) is 68.6 cm³/mol. The molecule has 6 heteroatoms. The van der Waals surface area contributed by atoms with Crippen molar-refractivity contribution < 1.29 is 18.0 Å². The normalized spacial score (nSPS) is 22.8. The van der Waals surface area contributed by atoms with Gasteiger partial charge in [0.2, 0.25) is 5.91 Å². The van der Waals surface area contributed by atoms with Gasteiger partial charge in [0.05, 0.1) is 5.56 Å². The molecule has 3 N–H and O–H groups in total. The van der Waals surface area contributed by atoms with Crippen molar-refractivity contribution in [1.29, 1.82) is 0 Å². The zero-order chi connectivity index (χ0) is 14.8. The fourth-order valence-electron chi connectivity index (χ4n) is 2.45. The third-order valence-electron chi connectivity index (χ3n) is 3.57. The number of hydrogen-bond donors (Lipinski definition) is 2. The minimum absolute atomic E-state index is 0.0549. The number of carbonyl (C=O) groups excluding carboxylic acids is 1. The van der Waals surface area contributed by atoms with E-state index in [0.717, 1.165) is 25.0 Å². The van der Waals surface area contributed by atoms with Crippen LogP contribution in [0.15, 0.2) is 24.3 Å². The van der Waals surface area contributed by atoms with Crippen molar-refractivity contribution in [2.75, 3.05) is 0 Å². The first-order valence-electron chi connectivity index (χ1n) is 6.55. The molecular formula is C14H17F3N2O. The summed E-state index contributed by atoms with van der Waals surface area (Å²) in [6.07, 6.45) is -2.15. The fraction of sp³-hybridized carbons (Fsp3) is 0.500. The standard InChI is InChI=1S/C14H17F3N2O/c15-14(16,17)11-3-1-2-9(6-11)8-19-13(20)10-4-5-12(18)7-10/h1-3,6,10,12H,4-5,7-8,18H2,(H,19,20). The van der Waals surface area contributed by atoms with E-state index in [1.165, 1.54) is 6.07 Å². The Morgan fingerprint density at radius 2 is 2.10 bits per heavy atom. The second-order valence-corrected chi connectivity index (χ2v) is 5.19. The molecule has 0 heterocycles.